The van der Waals surface area contributed by atoms with Crippen LogP contribution in [0.3, 0.4) is 0 Å². The second kappa shape index (κ2) is 8.15. The van der Waals surface area contributed by atoms with Gasteiger partial charge in [0.25, 0.3) is 5.91 Å². The number of aryl methyl sites for hydroxylation is 2. The van der Waals surface area contributed by atoms with Crippen molar-refractivity contribution in [1.82, 2.24) is 29.6 Å². The van der Waals surface area contributed by atoms with Gasteiger partial charge in [-0.15, -0.1) is 0 Å². The van der Waals surface area contributed by atoms with Gasteiger partial charge in [-0.1, -0.05) is 26.8 Å². The van der Waals surface area contributed by atoms with Gasteiger partial charge in [-0.3, -0.25) is 18.8 Å². The van der Waals surface area contributed by atoms with Crippen molar-refractivity contribution in [2.45, 2.75) is 33.7 Å². The fourth-order valence-electron chi connectivity index (χ4n) is 3.56. The SMILES string of the molecule is Cn1nc(NC(=O)CC(C)(C)C)c2ncnc(C(=O)NCc3ccc4oc(=O)n(C)c4c3)c21. The van der Waals surface area contributed by atoms with Gasteiger partial charge in [0, 0.05) is 27.1 Å². The number of aromatic nitrogens is 5. The lowest BCUT2D eigenvalue weighted by atomic mass is 9.92. The molecule has 0 saturated carbocycles. The summed E-state index contributed by atoms with van der Waals surface area (Å²) in [6.07, 6.45) is 1.59. The first-order chi connectivity index (χ1) is 15.5. The number of carbonyl (C=O) groups excluding carboxylic acids is 2. The molecule has 2 amide bonds. The summed E-state index contributed by atoms with van der Waals surface area (Å²) in [5.41, 5.74) is 2.66. The van der Waals surface area contributed by atoms with E-state index < -0.39 is 11.7 Å². The van der Waals surface area contributed by atoms with Crippen molar-refractivity contribution >= 4 is 39.8 Å². The van der Waals surface area contributed by atoms with Crippen LogP contribution in [-0.4, -0.2) is 36.1 Å². The maximum absolute atomic E-state index is 12.9. The Morgan fingerprint density at radius 1 is 1.15 bits per heavy atom. The molecule has 4 aromatic rings. The minimum atomic E-state index is -0.448. The van der Waals surface area contributed by atoms with Crippen molar-refractivity contribution in [2.75, 3.05) is 5.32 Å². The highest BCUT2D eigenvalue weighted by Gasteiger charge is 2.22. The molecule has 11 heteroatoms. The van der Waals surface area contributed by atoms with Gasteiger partial charge in [0.1, 0.15) is 17.4 Å². The highest BCUT2D eigenvalue weighted by Crippen LogP contribution is 2.24. The van der Waals surface area contributed by atoms with Crippen molar-refractivity contribution in [3.63, 3.8) is 0 Å². The molecule has 33 heavy (non-hydrogen) atoms. The van der Waals surface area contributed by atoms with Crippen LogP contribution in [0.4, 0.5) is 5.82 Å². The molecule has 172 valence electrons. The number of hydrogen-bond acceptors (Lipinski definition) is 7. The van der Waals surface area contributed by atoms with E-state index in [0.29, 0.717) is 28.6 Å². The Balaban J connectivity index is 1.56. The fraction of sp³-hybridized carbons (Fsp3) is 0.364. The summed E-state index contributed by atoms with van der Waals surface area (Å²) in [5.74, 6) is -0.768. The van der Waals surface area contributed by atoms with Crippen LogP contribution in [0.1, 0.15) is 43.2 Å². The summed E-state index contributed by atoms with van der Waals surface area (Å²) in [5, 5.41) is 9.94. The van der Waals surface area contributed by atoms with Gasteiger partial charge in [0.05, 0.1) is 5.52 Å². The van der Waals surface area contributed by atoms with E-state index in [2.05, 4.69) is 25.7 Å². The van der Waals surface area contributed by atoms with Gasteiger partial charge in [-0.2, -0.15) is 5.10 Å². The van der Waals surface area contributed by atoms with Crippen molar-refractivity contribution in [1.29, 1.82) is 0 Å². The third-order valence-electron chi connectivity index (χ3n) is 5.09. The van der Waals surface area contributed by atoms with Crippen molar-refractivity contribution < 1.29 is 14.0 Å². The highest BCUT2D eigenvalue weighted by atomic mass is 16.4. The Kier molecular flexibility index (Phi) is 5.48. The predicted molar refractivity (Wildman–Crippen MR) is 122 cm³/mol. The number of benzene rings is 1. The highest BCUT2D eigenvalue weighted by molar-refractivity contribution is 6.07. The quantitative estimate of drug-likeness (QED) is 0.474. The average Bonchev–Trinajstić information content (AvgIpc) is 3.20. The topological polar surface area (TPSA) is 137 Å². The van der Waals surface area contributed by atoms with Gasteiger partial charge in [-0.05, 0) is 23.1 Å². The second-order valence-corrected chi connectivity index (χ2v) is 9.09. The van der Waals surface area contributed by atoms with Crippen molar-refractivity contribution in [2.24, 2.45) is 19.5 Å². The molecule has 1 aromatic carbocycles. The molecule has 0 spiro atoms. The number of nitrogens with zero attached hydrogens (tertiary/aromatic N) is 5. The average molecular weight is 451 g/mol. The number of amides is 2. The maximum Gasteiger partial charge on any atom is 0.419 e. The van der Waals surface area contributed by atoms with Crippen molar-refractivity contribution in [3.8, 4) is 0 Å². The van der Waals surface area contributed by atoms with Gasteiger partial charge in [0.2, 0.25) is 5.91 Å². The first kappa shape index (κ1) is 22.2. The smallest absolute Gasteiger partial charge is 0.408 e. The molecule has 3 heterocycles. The standard InChI is InChI=1S/C22H25N7O4/c1-22(2,3)9-15(30)26-19-16-18(29(5)27-19)17(25-11-24-16)20(31)23-10-12-6-7-14-13(8-12)28(4)21(32)33-14/h6-8,11H,9-10H2,1-5H3,(H,23,31)(H,26,27,30). The molecule has 4 rings (SSSR count). The molecular formula is C22H25N7O4. The maximum atomic E-state index is 12.9. The number of oxazole rings is 1. The van der Waals surface area contributed by atoms with E-state index in [1.807, 2.05) is 20.8 Å². The number of rotatable bonds is 5. The van der Waals surface area contributed by atoms with Crippen LogP contribution in [0.5, 0.6) is 0 Å². The van der Waals surface area contributed by atoms with E-state index in [0.717, 1.165) is 5.56 Å². The number of fused-ring (bicyclic) bond motifs is 2. The minimum Gasteiger partial charge on any atom is -0.408 e. The van der Waals surface area contributed by atoms with Gasteiger partial charge in [-0.25, -0.2) is 14.8 Å². The molecule has 0 atom stereocenters. The Morgan fingerprint density at radius 3 is 2.64 bits per heavy atom. The van der Waals surface area contributed by atoms with E-state index in [1.54, 1.807) is 32.3 Å². The zero-order chi connectivity index (χ0) is 23.9. The summed E-state index contributed by atoms with van der Waals surface area (Å²) in [6, 6.07) is 5.24. The van der Waals surface area contributed by atoms with Crippen LogP contribution in [0.15, 0.2) is 33.7 Å². The third-order valence-corrected chi connectivity index (χ3v) is 5.09. The number of nitrogens with one attached hydrogen (secondary N) is 2. The Morgan fingerprint density at radius 2 is 1.91 bits per heavy atom. The zero-order valence-electron chi connectivity index (χ0n) is 19.1. The van der Waals surface area contributed by atoms with Gasteiger partial charge < -0.3 is 15.1 Å². The molecule has 0 unspecified atom stereocenters. The summed E-state index contributed by atoms with van der Waals surface area (Å²) < 4.78 is 8.01. The summed E-state index contributed by atoms with van der Waals surface area (Å²) in [4.78, 5) is 45.3. The van der Waals surface area contributed by atoms with E-state index in [-0.39, 0.29) is 29.4 Å². The van der Waals surface area contributed by atoms with Crippen LogP contribution in [0.2, 0.25) is 0 Å². The largest absolute Gasteiger partial charge is 0.419 e. The van der Waals surface area contributed by atoms with Crippen LogP contribution < -0.4 is 16.4 Å². The van der Waals surface area contributed by atoms with E-state index in [4.69, 9.17) is 4.42 Å². The zero-order valence-corrected chi connectivity index (χ0v) is 19.1. The van der Waals surface area contributed by atoms with Crippen LogP contribution in [0.25, 0.3) is 22.1 Å². The summed E-state index contributed by atoms with van der Waals surface area (Å²) in [6.45, 7) is 6.12. The molecule has 0 aliphatic carbocycles. The molecule has 0 radical (unpaired) electrons. The Bertz CT molecular complexity index is 1440. The third kappa shape index (κ3) is 4.47. The normalized spacial score (nSPS) is 11.8. The molecule has 0 fully saturated rings. The fourth-order valence-corrected chi connectivity index (χ4v) is 3.56. The molecule has 11 nitrogen and oxygen atoms in total. The van der Waals surface area contributed by atoms with Crippen LogP contribution in [-0.2, 0) is 25.4 Å². The van der Waals surface area contributed by atoms with E-state index in [9.17, 15) is 14.4 Å². The second-order valence-electron chi connectivity index (χ2n) is 9.09. The summed E-state index contributed by atoms with van der Waals surface area (Å²) in [7, 11) is 3.28. The van der Waals surface area contributed by atoms with Crippen LogP contribution >= 0.6 is 0 Å². The lowest BCUT2D eigenvalue weighted by molar-refractivity contribution is -0.117. The molecule has 0 aliphatic heterocycles. The molecule has 3 aromatic heterocycles. The molecule has 2 N–H and O–H groups in total. The lowest BCUT2D eigenvalue weighted by Crippen LogP contribution is -2.24. The Hall–Kier alpha value is -4.02. The summed E-state index contributed by atoms with van der Waals surface area (Å²) >= 11 is 0. The van der Waals surface area contributed by atoms with Gasteiger partial charge in [0.15, 0.2) is 17.1 Å². The number of anilines is 1. The number of carbonyl (C=O) groups is 2. The first-order valence-corrected chi connectivity index (χ1v) is 10.4. The van der Waals surface area contributed by atoms with E-state index >= 15 is 0 Å². The van der Waals surface area contributed by atoms with Crippen molar-refractivity contribution in [3.05, 3.63) is 46.3 Å². The minimum absolute atomic E-state index is 0.142. The molecule has 0 aliphatic rings. The molecule has 0 bridgehead atoms. The van der Waals surface area contributed by atoms with Gasteiger partial charge >= 0.3 is 5.76 Å². The molecular weight excluding hydrogens is 426 g/mol. The molecule has 0 saturated heterocycles. The predicted octanol–water partition coefficient (Wildman–Crippen LogP) is 2.11. The lowest BCUT2D eigenvalue weighted by Gasteiger charge is -2.16. The number of hydrogen-bond donors (Lipinski definition) is 2. The van der Waals surface area contributed by atoms with E-state index in [1.165, 1.54) is 15.6 Å². The Labute approximate surface area is 188 Å². The van der Waals surface area contributed by atoms with Crippen LogP contribution in [0, 0.1) is 5.41 Å². The first-order valence-electron chi connectivity index (χ1n) is 10.4. The monoisotopic (exact) mass is 451 g/mol.